The van der Waals surface area contributed by atoms with Crippen LogP contribution in [-0.2, 0) is 6.54 Å². The minimum Gasteiger partial charge on any atom is -0.394 e. The van der Waals surface area contributed by atoms with E-state index in [0.717, 1.165) is 31.5 Å². The first-order valence-electron chi connectivity index (χ1n) is 7.09. The Labute approximate surface area is 109 Å². The summed E-state index contributed by atoms with van der Waals surface area (Å²) in [5.41, 5.74) is 1.01. The van der Waals surface area contributed by atoms with Gasteiger partial charge in [0.15, 0.2) is 0 Å². The van der Waals surface area contributed by atoms with Crippen LogP contribution in [0.15, 0.2) is 12.3 Å². The van der Waals surface area contributed by atoms with Crippen LogP contribution in [-0.4, -0.2) is 27.0 Å². The lowest BCUT2D eigenvalue weighted by atomic mass is 9.99. The zero-order valence-corrected chi connectivity index (χ0v) is 11.5. The summed E-state index contributed by atoms with van der Waals surface area (Å²) < 4.78 is 2.03. The monoisotopic (exact) mass is 251 g/mol. The van der Waals surface area contributed by atoms with Crippen molar-refractivity contribution in [3.05, 3.63) is 18.0 Å². The third kappa shape index (κ3) is 2.93. The molecule has 0 radical (unpaired) electrons. The smallest absolute Gasteiger partial charge is 0.0762 e. The molecule has 1 aliphatic rings. The predicted molar refractivity (Wildman–Crippen MR) is 72.4 cm³/mol. The van der Waals surface area contributed by atoms with E-state index in [-0.39, 0.29) is 12.1 Å². The Morgan fingerprint density at radius 1 is 1.50 bits per heavy atom. The van der Waals surface area contributed by atoms with E-state index >= 15 is 0 Å². The van der Waals surface area contributed by atoms with E-state index in [4.69, 9.17) is 0 Å². The van der Waals surface area contributed by atoms with E-state index in [9.17, 15) is 5.11 Å². The number of nitrogens with one attached hydrogen (secondary N) is 1. The van der Waals surface area contributed by atoms with Gasteiger partial charge in [-0.2, -0.15) is 5.10 Å². The van der Waals surface area contributed by atoms with E-state index < -0.39 is 0 Å². The first kappa shape index (κ1) is 13.6. The van der Waals surface area contributed by atoms with Gasteiger partial charge in [0.1, 0.15) is 0 Å². The highest BCUT2D eigenvalue weighted by molar-refractivity contribution is 5.02. The van der Waals surface area contributed by atoms with Crippen LogP contribution in [0, 0.1) is 0 Å². The van der Waals surface area contributed by atoms with Crippen LogP contribution in [0.1, 0.15) is 57.7 Å². The van der Waals surface area contributed by atoms with Gasteiger partial charge in [-0.25, -0.2) is 0 Å². The summed E-state index contributed by atoms with van der Waals surface area (Å²) in [4.78, 5) is 0. The summed E-state index contributed by atoms with van der Waals surface area (Å²) in [5.74, 6) is 0. The molecule has 2 N–H and O–H groups in total. The quantitative estimate of drug-likeness (QED) is 0.815. The average Bonchev–Trinajstić information content (AvgIpc) is 3.05. The fourth-order valence-electron chi connectivity index (χ4n) is 2.62. The highest BCUT2D eigenvalue weighted by Crippen LogP contribution is 2.29. The van der Waals surface area contributed by atoms with Crippen LogP contribution < -0.4 is 5.32 Å². The van der Waals surface area contributed by atoms with Gasteiger partial charge in [0, 0.05) is 24.3 Å². The van der Waals surface area contributed by atoms with Crippen LogP contribution in [0.25, 0.3) is 0 Å². The Balaban J connectivity index is 1.91. The Morgan fingerprint density at radius 2 is 2.22 bits per heavy atom. The van der Waals surface area contributed by atoms with Crippen LogP contribution in [0.4, 0.5) is 0 Å². The molecule has 1 atom stereocenters. The molecule has 1 unspecified atom stereocenters. The molecular weight excluding hydrogens is 226 g/mol. The molecule has 102 valence electrons. The summed E-state index contributed by atoms with van der Waals surface area (Å²) in [6.07, 6.45) is 7.73. The van der Waals surface area contributed by atoms with Gasteiger partial charge in [-0.15, -0.1) is 0 Å². The maximum Gasteiger partial charge on any atom is 0.0762 e. The third-order valence-corrected chi connectivity index (χ3v) is 4.21. The van der Waals surface area contributed by atoms with Crippen molar-refractivity contribution in [2.24, 2.45) is 0 Å². The second-order valence-corrected chi connectivity index (χ2v) is 5.54. The molecule has 18 heavy (non-hydrogen) atoms. The van der Waals surface area contributed by atoms with E-state index in [1.807, 2.05) is 10.9 Å². The Kier molecular flexibility index (Phi) is 4.40. The van der Waals surface area contributed by atoms with Crippen molar-refractivity contribution in [2.45, 2.75) is 64.1 Å². The Morgan fingerprint density at radius 3 is 2.83 bits per heavy atom. The number of rotatable bonds is 6. The van der Waals surface area contributed by atoms with Gasteiger partial charge in [0.05, 0.1) is 12.3 Å². The molecule has 1 heterocycles. The molecule has 0 aliphatic heterocycles. The summed E-state index contributed by atoms with van der Waals surface area (Å²) >= 11 is 0. The van der Waals surface area contributed by atoms with Gasteiger partial charge in [-0.3, -0.25) is 4.68 Å². The molecule has 1 aromatic rings. The first-order chi connectivity index (χ1) is 8.69. The predicted octanol–water partition coefficient (Wildman–Crippen LogP) is 2.25. The molecule has 4 heteroatoms. The molecular formula is C14H25N3O. The van der Waals surface area contributed by atoms with Crippen molar-refractivity contribution >= 4 is 0 Å². The van der Waals surface area contributed by atoms with Crippen molar-refractivity contribution in [1.29, 1.82) is 0 Å². The lowest BCUT2D eigenvalue weighted by molar-refractivity contribution is 0.162. The van der Waals surface area contributed by atoms with E-state index in [1.165, 1.54) is 12.8 Å². The highest BCUT2D eigenvalue weighted by atomic mass is 16.3. The number of hydrogen-bond donors (Lipinski definition) is 2. The van der Waals surface area contributed by atoms with Gasteiger partial charge in [-0.05, 0) is 32.3 Å². The maximum atomic E-state index is 9.54. The molecule has 1 saturated carbocycles. The van der Waals surface area contributed by atoms with Gasteiger partial charge >= 0.3 is 0 Å². The van der Waals surface area contributed by atoms with Gasteiger partial charge < -0.3 is 10.4 Å². The molecule has 2 rings (SSSR count). The van der Waals surface area contributed by atoms with Crippen LogP contribution in [0.5, 0.6) is 0 Å². The fourth-order valence-corrected chi connectivity index (χ4v) is 2.62. The molecule has 0 saturated heterocycles. The third-order valence-electron chi connectivity index (χ3n) is 4.21. The molecule has 4 nitrogen and oxygen atoms in total. The minimum atomic E-state index is -0.0554. The summed E-state index contributed by atoms with van der Waals surface area (Å²) in [7, 11) is 0. The molecule has 1 aromatic heterocycles. The number of nitrogens with zero attached hydrogens (tertiary/aromatic N) is 2. The summed E-state index contributed by atoms with van der Waals surface area (Å²) in [6.45, 7) is 5.34. The second-order valence-electron chi connectivity index (χ2n) is 5.54. The topological polar surface area (TPSA) is 50.1 Å². The minimum absolute atomic E-state index is 0.0554. The van der Waals surface area contributed by atoms with Crippen LogP contribution in [0.2, 0.25) is 0 Å². The molecule has 0 aromatic carbocycles. The molecule has 1 fully saturated rings. The van der Waals surface area contributed by atoms with Gasteiger partial charge in [-0.1, -0.05) is 19.8 Å². The average molecular weight is 251 g/mol. The number of hydrogen-bond acceptors (Lipinski definition) is 3. The normalized spacial score (nSPS) is 20.2. The van der Waals surface area contributed by atoms with E-state index in [2.05, 4.69) is 30.3 Å². The van der Waals surface area contributed by atoms with E-state index in [1.54, 1.807) is 0 Å². The molecule has 1 aliphatic carbocycles. The van der Waals surface area contributed by atoms with Crippen molar-refractivity contribution in [3.63, 3.8) is 0 Å². The fraction of sp³-hybridized carbons (Fsp3) is 0.786. The van der Waals surface area contributed by atoms with Crippen molar-refractivity contribution in [3.8, 4) is 0 Å². The standard InChI is InChI=1S/C14H25N3O/c1-3-12(2)17-9-6-13(16-17)10-15-14(11-18)7-4-5-8-14/h6,9,12,15,18H,3-5,7-8,10-11H2,1-2H3. The first-order valence-corrected chi connectivity index (χ1v) is 7.09. The number of aliphatic hydroxyl groups excluding tert-OH is 1. The summed E-state index contributed by atoms with van der Waals surface area (Å²) in [6, 6.07) is 2.52. The summed E-state index contributed by atoms with van der Waals surface area (Å²) in [5, 5.41) is 17.6. The molecule has 0 spiro atoms. The number of aromatic nitrogens is 2. The van der Waals surface area contributed by atoms with Gasteiger partial charge in [0.2, 0.25) is 0 Å². The highest BCUT2D eigenvalue weighted by Gasteiger charge is 2.32. The maximum absolute atomic E-state index is 9.54. The van der Waals surface area contributed by atoms with Gasteiger partial charge in [0.25, 0.3) is 0 Å². The molecule has 0 amide bonds. The second kappa shape index (κ2) is 5.85. The van der Waals surface area contributed by atoms with Crippen LogP contribution >= 0.6 is 0 Å². The van der Waals surface area contributed by atoms with Crippen molar-refractivity contribution < 1.29 is 5.11 Å². The van der Waals surface area contributed by atoms with Crippen LogP contribution in [0.3, 0.4) is 0 Å². The van der Waals surface area contributed by atoms with Crippen molar-refractivity contribution in [2.75, 3.05) is 6.61 Å². The Hall–Kier alpha value is -0.870. The lowest BCUT2D eigenvalue weighted by Crippen LogP contribution is -2.45. The van der Waals surface area contributed by atoms with Crippen molar-refractivity contribution in [1.82, 2.24) is 15.1 Å². The molecule has 0 bridgehead atoms. The largest absolute Gasteiger partial charge is 0.394 e. The lowest BCUT2D eigenvalue weighted by Gasteiger charge is -2.27. The zero-order valence-electron chi connectivity index (χ0n) is 11.5. The Bertz CT molecular complexity index is 369. The van der Waals surface area contributed by atoms with E-state index in [0.29, 0.717) is 6.04 Å². The zero-order chi connectivity index (χ0) is 13.0. The number of aliphatic hydroxyl groups is 1. The SMILES string of the molecule is CCC(C)n1ccc(CNC2(CO)CCCC2)n1.